The molecule has 0 radical (unpaired) electrons. The molecule has 1 heterocycles. The van der Waals surface area contributed by atoms with Crippen LogP contribution in [0.3, 0.4) is 0 Å². The van der Waals surface area contributed by atoms with Gasteiger partial charge in [0.15, 0.2) is 0 Å². The third kappa shape index (κ3) is 2.65. The van der Waals surface area contributed by atoms with Crippen molar-refractivity contribution in [2.75, 3.05) is 12.4 Å². The summed E-state index contributed by atoms with van der Waals surface area (Å²) in [5, 5.41) is 3.41. The Morgan fingerprint density at radius 1 is 1.25 bits per heavy atom. The molecule has 4 bridgehead atoms. The summed E-state index contributed by atoms with van der Waals surface area (Å²) in [6.07, 6.45) is 5.42. The minimum atomic E-state index is -0.605. The number of ether oxygens (including phenoxy) is 1. The van der Waals surface area contributed by atoms with E-state index in [1.165, 1.54) is 19.2 Å². The van der Waals surface area contributed by atoms with Gasteiger partial charge in [-0.1, -0.05) is 0 Å². The smallest absolute Gasteiger partial charge is 0.356 e. The van der Waals surface area contributed by atoms with Crippen LogP contribution in [0, 0.1) is 23.1 Å². The van der Waals surface area contributed by atoms with Crippen LogP contribution in [0.5, 0.6) is 0 Å². The zero-order valence-electron chi connectivity index (χ0n) is 15.6. The summed E-state index contributed by atoms with van der Waals surface area (Å²) in [7, 11) is 1.27. The zero-order chi connectivity index (χ0) is 19.7. The second-order valence-corrected chi connectivity index (χ2v) is 9.70. The molecule has 4 fully saturated rings. The lowest BCUT2D eigenvalue weighted by atomic mass is 9.49. The Hall–Kier alpha value is -2.08. The number of alkyl halides is 1. The predicted octanol–water partition coefficient (Wildman–Crippen LogP) is 4.61. The molecule has 0 saturated heterocycles. The first-order valence-electron chi connectivity index (χ1n) is 9.71. The predicted molar refractivity (Wildman–Crippen MR) is 104 cm³/mol. The van der Waals surface area contributed by atoms with Gasteiger partial charge in [-0.05, 0) is 68.6 Å². The standard InChI is InChI=1S/C21H22ClFN2O3/c1-28-18(26)17-16(14-5-13(23)2-3-15(14)24-17)25-19(27)20-6-11-4-12(7-20)9-21(22,8-11)10-20/h2-3,5,11-12,24H,4,6-10H2,1H3,(H,25,27). The first-order valence-corrected chi connectivity index (χ1v) is 10.1. The van der Waals surface area contributed by atoms with Crippen molar-refractivity contribution in [3.8, 4) is 0 Å². The Bertz CT molecular complexity index is 987. The monoisotopic (exact) mass is 404 g/mol. The number of esters is 1. The summed E-state index contributed by atoms with van der Waals surface area (Å²) in [6.45, 7) is 0. The third-order valence-corrected chi connectivity index (χ3v) is 7.30. The maximum absolute atomic E-state index is 13.9. The van der Waals surface area contributed by atoms with Crippen molar-refractivity contribution in [1.82, 2.24) is 4.98 Å². The number of H-pyrrole nitrogens is 1. The lowest BCUT2D eigenvalue weighted by Crippen LogP contribution is -2.57. The number of rotatable bonds is 3. The fourth-order valence-electron chi connectivity index (χ4n) is 6.21. The molecule has 4 saturated carbocycles. The maximum atomic E-state index is 13.9. The van der Waals surface area contributed by atoms with Crippen molar-refractivity contribution in [3.05, 3.63) is 29.7 Å². The summed E-state index contributed by atoms with van der Waals surface area (Å²) in [6, 6.07) is 4.17. The highest BCUT2D eigenvalue weighted by Crippen LogP contribution is 2.64. The van der Waals surface area contributed by atoms with Gasteiger partial charge in [-0.3, -0.25) is 4.79 Å². The van der Waals surface area contributed by atoms with Gasteiger partial charge in [-0.2, -0.15) is 0 Å². The number of nitrogens with one attached hydrogen (secondary N) is 2. The fraction of sp³-hybridized carbons (Fsp3) is 0.524. The first kappa shape index (κ1) is 18.0. The van der Waals surface area contributed by atoms with Crippen LogP contribution >= 0.6 is 11.6 Å². The van der Waals surface area contributed by atoms with Crippen LogP contribution in [0.4, 0.5) is 10.1 Å². The molecule has 5 nitrogen and oxygen atoms in total. The van der Waals surface area contributed by atoms with E-state index in [0.717, 1.165) is 32.1 Å². The topological polar surface area (TPSA) is 71.2 Å². The van der Waals surface area contributed by atoms with E-state index in [4.69, 9.17) is 16.3 Å². The number of hydrogen-bond acceptors (Lipinski definition) is 3. The number of benzene rings is 1. The number of carbonyl (C=O) groups is 2. The molecule has 7 heteroatoms. The number of aromatic amines is 1. The van der Waals surface area contributed by atoms with Gasteiger partial charge in [0.2, 0.25) is 5.91 Å². The van der Waals surface area contributed by atoms with Crippen LogP contribution in [0.25, 0.3) is 10.9 Å². The molecule has 2 aromatic rings. The van der Waals surface area contributed by atoms with Crippen LogP contribution in [-0.4, -0.2) is 28.8 Å². The number of hydrogen-bond donors (Lipinski definition) is 2. The van der Waals surface area contributed by atoms with Gasteiger partial charge in [-0.25, -0.2) is 9.18 Å². The number of fused-ring (bicyclic) bond motifs is 1. The minimum Gasteiger partial charge on any atom is -0.464 e. The van der Waals surface area contributed by atoms with Crippen molar-refractivity contribution >= 4 is 40.1 Å². The van der Waals surface area contributed by atoms with Gasteiger partial charge in [-0.15, -0.1) is 11.6 Å². The number of methoxy groups -OCH3 is 1. The first-order chi connectivity index (χ1) is 13.3. The second kappa shape index (κ2) is 5.96. The van der Waals surface area contributed by atoms with Crippen molar-refractivity contribution in [1.29, 1.82) is 0 Å². The molecule has 2 unspecified atom stereocenters. The van der Waals surface area contributed by atoms with Gasteiger partial charge >= 0.3 is 5.97 Å². The Kier molecular flexibility index (Phi) is 3.83. The summed E-state index contributed by atoms with van der Waals surface area (Å²) in [5.41, 5.74) is 0.458. The number of anilines is 1. The van der Waals surface area contributed by atoms with Gasteiger partial charge in [0.1, 0.15) is 11.5 Å². The highest BCUT2D eigenvalue weighted by molar-refractivity contribution is 6.24. The maximum Gasteiger partial charge on any atom is 0.356 e. The summed E-state index contributed by atoms with van der Waals surface area (Å²) in [4.78, 5) is 28.4. The van der Waals surface area contributed by atoms with Crippen LogP contribution in [0.15, 0.2) is 18.2 Å². The zero-order valence-corrected chi connectivity index (χ0v) is 16.4. The number of carbonyl (C=O) groups excluding carboxylic acids is 2. The lowest BCUT2D eigenvalue weighted by molar-refractivity contribution is -0.138. The molecule has 2 N–H and O–H groups in total. The molecule has 148 valence electrons. The van der Waals surface area contributed by atoms with E-state index in [1.807, 2.05) is 0 Å². The molecular formula is C21H22ClFN2O3. The van der Waals surface area contributed by atoms with Crippen molar-refractivity contribution in [2.45, 2.75) is 43.4 Å². The number of amides is 1. The van der Waals surface area contributed by atoms with E-state index in [0.29, 0.717) is 29.2 Å². The summed E-state index contributed by atoms with van der Waals surface area (Å²) >= 11 is 6.86. The molecule has 6 rings (SSSR count). The van der Waals surface area contributed by atoms with Gasteiger partial charge in [0.25, 0.3) is 0 Å². The average molecular weight is 405 g/mol. The van der Waals surface area contributed by atoms with Crippen molar-refractivity contribution in [2.24, 2.45) is 17.3 Å². The van der Waals surface area contributed by atoms with E-state index in [9.17, 15) is 14.0 Å². The van der Waals surface area contributed by atoms with E-state index >= 15 is 0 Å². The summed E-state index contributed by atoms with van der Waals surface area (Å²) in [5.74, 6) is -0.212. The Morgan fingerprint density at radius 2 is 1.96 bits per heavy atom. The lowest BCUT2D eigenvalue weighted by Gasteiger charge is -2.59. The van der Waals surface area contributed by atoms with E-state index in [2.05, 4.69) is 10.3 Å². The molecule has 28 heavy (non-hydrogen) atoms. The van der Waals surface area contributed by atoms with E-state index < -0.39 is 17.2 Å². The molecule has 0 spiro atoms. The highest BCUT2D eigenvalue weighted by Gasteiger charge is 2.60. The summed E-state index contributed by atoms with van der Waals surface area (Å²) < 4.78 is 18.7. The molecular weight excluding hydrogens is 383 g/mol. The Morgan fingerprint density at radius 3 is 2.61 bits per heavy atom. The van der Waals surface area contributed by atoms with Gasteiger partial charge in [0, 0.05) is 15.8 Å². The number of halogens is 2. The highest BCUT2D eigenvalue weighted by atomic mass is 35.5. The van der Waals surface area contributed by atoms with Gasteiger partial charge < -0.3 is 15.0 Å². The number of aromatic nitrogens is 1. The fourth-order valence-corrected chi connectivity index (χ4v) is 6.90. The van der Waals surface area contributed by atoms with Gasteiger partial charge in [0.05, 0.1) is 18.2 Å². The van der Waals surface area contributed by atoms with Crippen LogP contribution in [0.2, 0.25) is 0 Å². The third-order valence-electron chi connectivity index (χ3n) is 6.86. The molecule has 4 aliphatic rings. The molecule has 2 atom stereocenters. The molecule has 4 aliphatic carbocycles. The minimum absolute atomic E-state index is 0.123. The van der Waals surface area contributed by atoms with Crippen LogP contribution in [-0.2, 0) is 9.53 Å². The molecule has 0 aliphatic heterocycles. The molecule has 1 aromatic carbocycles. The largest absolute Gasteiger partial charge is 0.464 e. The quantitative estimate of drug-likeness (QED) is 0.579. The van der Waals surface area contributed by atoms with E-state index in [1.54, 1.807) is 6.07 Å². The second-order valence-electron chi connectivity index (χ2n) is 8.90. The SMILES string of the molecule is COC(=O)c1[nH]c2ccc(F)cc2c1NC(=O)C12CC3CC(CC(Cl)(C3)C1)C2. The Labute approximate surface area is 167 Å². The van der Waals surface area contributed by atoms with E-state index in [-0.39, 0.29) is 22.2 Å². The van der Waals surface area contributed by atoms with Crippen molar-refractivity contribution < 1.29 is 18.7 Å². The van der Waals surface area contributed by atoms with Crippen LogP contribution < -0.4 is 5.32 Å². The molecule has 1 amide bonds. The average Bonchev–Trinajstić information content (AvgIpc) is 2.97. The Balaban J connectivity index is 1.54. The van der Waals surface area contributed by atoms with Crippen molar-refractivity contribution in [3.63, 3.8) is 0 Å². The molecule has 1 aromatic heterocycles. The normalized spacial score (nSPS) is 33.2. The van der Waals surface area contributed by atoms with Crippen LogP contribution in [0.1, 0.15) is 49.0 Å².